The molecule has 0 spiro atoms. The fourth-order valence-corrected chi connectivity index (χ4v) is 3.32. The zero-order valence-corrected chi connectivity index (χ0v) is 15.9. The summed E-state index contributed by atoms with van der Waals surface area (Å²) in [6.45, 7) is 0. The maximum absolute atomic E-state index is 12.1. The van der Waals surface area contributed by atoms with E-state index >= 15 is 0 Å². The quantitative estimate of drug-likeness (QED) is 0.495. The van der Waals surface area contributed by atoms with Crippen LogP contribution in [-0.2, 0) is 5.75 Å². The van der Waals surface area contributed by atoms with E-state index in [0.29, 0.717) is 50.7 Å². The number of fused-ring (bicyclic) bond motifs is 1. The van der Waals surface area contributed by atoms with Crippen LogP contribution in [0, 0.1) is 0 Å². The summed E-state index contributed by atoms with van der Waals surface area (Å²) in [6, 6.07) is 12.6. The first kappa shape index (κ1) is 18.1. The van der Waals surface area contributed by atoms with Gasteiger partial charge in [-0.15, -0.1) is 10.2 Å². The van der Waals surface area contributed by atoms with Gasteiger partial charge in [0.2, 0.25) is 5.89 Å². The largest absolute Gasteiger partial charge is 0.493 e. The van der Waals surface area contributed by atoms with E-state index in [-0.39, 0.29) is 5.56 Å². The number of thioether (sulfide) groups is 1. The number of methoxy groups -OCH3 is 2. The van der Waals surface area contributed by atoms with Gasteiger partial charge < -0.3 is 18.9 Å². The lowest BCUT2D eigenvalue weighted by atomic mass is 10.2. The molecule has 2 aromatic heterocycles. The Kier molecular flexibility index (Phi) is 4.98. The van der Waals surface area contributed by atoms with Crippen molar-refractivity contribution in [1.29, 1.82) is 0 Å². The average molecular weight is 396 g/mol. The third kappa shape index (κ3) is 3.56. The molecule has 4 aromatic rings. The first-order valence-electron chi connectivity index (χ1n) is 8.34. The van der Waals surface area contributed by atoms with Crippen molar-refractivity contribution in [2.24, 2.45) is 0 Å². The number of nitrogens with one attached hydrogen (secondary N) is 1. The minimum atomic E-state index is -0.169. The van der Waals surface area contributed by atoms with Crippen LogP contribution in [0.15, 0.2) is 56.9 Å². The summed E-state index contributed by atoms with van der Waals surface area (Å²) in [4.78, 5) is 19.4. The lowest BCUT2D eigenvalue weighted by molar-refractivity contribution is 0.355. The summed E-state index contributed by atoms with van der Waals surface area (Å²) in [5.41, 5.74) is 1.20. The van der Waals surface area contributed by atoms with Gasteiger partial charge in [0.05, 0.1) is 30.9 Å². The van der Waals surface area contributed by atoms with Crippen LogP contribution >= 0.6 is 11.8 Å². The topological polar surface area (TPSA) is 103 Å². The first-order chi connectivity index (χ1) is 13.7. The summed E-state index contributed by atoms with van der Waals surface area (Å²) in [7, 11) is 3.14. The number of H-pyrrole nitrogens is 1. The molecule has 2 aromatic carbocycles. The molecule has 2 heterocycles. The molecule has 0 aliphatic carbocycles. The van der Waals surface area contributed by atoms with Crippen LogP contribution in [0.1, 0.15) is 5.82 Å². The molecular formula is C19H16N4O4S. The molecule has 0 radical (unpaired) electrons. The predicted octanol–water partition coefficient (Wildman–Crippen LogP) is 3.28. The molecule has 0 amide bonds. The van der Waals surface area contributed by atoms with Gasteiger partial charge in [0.15, 0.2) is 11.5 Å². The van der Waals surface area contributed by atoms with Crippen molar-refractivity contribution in [3.05, 3.63) is 58.6 Å². The van der Waals surface area contributed by atoms with Crippen molar-refractivity contribution in [1.82, 2.24) is 20.2 Å². The number of aromatic nitrogens is 4. The molecule has 4 rings (SSSR count). The van der Waals surface area contributed by atoms with Gasteiger partial charge >= 0.3 is 0 Å². The van der Waals surface area contributed by atoms with Crippen molar-refractivity contribution >= 4 is 22.7 Å². The normalized spacial score (nSPS) is 10.9. The van der Waals surface area contributed by atoms with Crippen LogP contribution in [0.25, 0.3) is 22.4 Å². The standard InChI is InChI=1S/C19H16N4O4S/c1-25-14-8-7-11(9-15(14)26-2)18-22-23-19(27-18)28-10-16-20-13-6-4-3-5-12(13)17(24)21-16/h3-9H,10H2,1-2H3,(H,20,21,24). The molecule has 0 saturated heterocycles. The molecule has 0 atom stereocenters. The van der Waals surface area contributed by atoms with Gasteiger partial charge in [-0.2, -0.15) is 0 Å². The van der Waals surface area contributed by atoms with Crippen LogP contribution in [0.5, 0.6) is 11.5 Å². The second-order valence-electron chi connectivity index (χ2n) is 5.76. The van der Waals surface area contributed by atoms with E-state index in [4.69, 9.17) is 13.9 Å². The van der Waals surface area contributed by atoms with E-state index in [9.17, 15) is 4.79 Å². The number of ether oxygens (including phenoxy) is 2. The number of nitrogens with zero attached hydrogens (tertiary/aromatic N) is 3. The fourth-order valence-electron chi connectivity index (χ4n) is 2.69. The van der Waals surface area contributed by atoms with Crippen molar-refractivity contribution in [2.45, 2.75) is 11.0 Å². The molecule has 0 fully saturated rings. The second-order valence-corrected chi connectivity index (χ2v) is 6.69. The number of para-hydroxylation sites is 1. The van der Waals surface area contributed by atoms with Gasteiger partial charge in [0, 0.05) is 5.56 Å². The van der Waals surface area contributed by atoms with E-state index in [0.717, 1.165) is 0 Å². The van der Waals surface area contributed by atoms with Gasteiger partial charge in [-0.25, -0.2) is 4.98 Å². The van der Waals surface area contributed by atoms with Crippen molar-refractivity contribution in [3.63, 3.8) is 0 Å². The Morgan fingerprint density at radius 2 is 1.89 bits per heavy atom. The minimum absolute atomic E-state index is 0.169. The molecule has 28 heavy (non-hydrogen) atoms. The van der Waals surface area contributed by atoms with Crippen LogP contribution < -0.4 is 15.0 Å². The molecule has 0 aliphatic rings. The monoisotopic (exact) mass is 396 g/mol. The summed E-state index contributed by atoms with van der Waals surface area (Å²) < 4.78 is 16.2. The molecule has 142 valence electrons. The molecule has 0 saturated carbocycles. The highest BCUT2D eigenvalue weighted by molar-refractivity contribution is 7.98. The number of rotatable bonds is 6. The van der Waals surface area contributed by atoms with Crippen molar-refractivity contribution in [3.8, 4) is 23.0 Å². The Labute approximate surface area is 163 Å². The van der Waals surface area contributed by atoms with Crippen LogP contribution in [0.3, 0.4) is 0 Å². The van der Waals surface area contributed by atoms with Gasteiger partial charge in [-0.05, 0) is 30.3 Å². The molecule has 0 unspecified atom stereocenters. The highest BCUT2D eigenvalue weighted by atomic mass is 32.2. The maximum Gasteiger partial charge on any atom is 0.277 e. The van der Waals surface area contributed by atoms with E-state index in [1.807, 2.05) is 18.2 Å². The lowest BCUT2D eigenvalue weighted by Gasteiger charge is -2.07. The molecule has 0 bridgehead atoms. The van der Waals surface area contributed by atoms with E-state index < -0.39 is 0 Å². The number of aromatic amines is 1. The third-order valence-corrected chi connectivity index (χ3v) is 4.86. The predicted molar refractivity (Wildman–Crippen MR) is 105 cm³/mol. The Balaban J connectivity index is 1.52. The molecule has 1 N–H and O–H groups in total. The van der Waals surface area contributed by atoms with E-state index in [1.165, 1.54) is 11.8 Å². The van der Waals surface area contributed by atoms with Crippen molar-refractivity contribution < 1.29 is 13.9 Å². The summed E-state index contributed by atoms with van der Waals surface area (Å²) in [5.74, 6) is 2.49. The average Bonchev–Trinajstić information content (AvgIpc) is 3.21. The number of hydrogen-bond donors (Lipinski definition) is 1. The van der Waals surface area contributed by atoms with Crippen LogP contribution in [0.2, 0.25) is 0 Å². The van der Waals surface area contributed by atoms with Crippen LogP contribution in [0.4, 0.5) is 0 Å². The molecule has 9 heteroatoms. The number of hydrogen-bond acceptors (Lipinski definition) is 8. The SMILES string of the molecule is COc1ccc(-c2nnc(SCc3nc4ccccc4c(=O)[nH]3)o2)cc1OC. The van der Waals surface area contributed by atoms with Crippen molar-refractivity contribution in [2.75, 3.05) is 14.2 Å². The lowest BCUT2D eigenvalue weighted by Crippen LogP contribution is -2.11. The highest BCUT2D eigenvalue weighted by Crippen LogP contribution is 2.32. The molecule has 8 nitrogen and oxygen atoms in total. The van der Waals surface area contributed by atoms with Gasteiger partial charge in [-0.1, -0.05) is 23.9 Å². The number of benzene rings is 2. The highest BCUT2D eigenvalue weighted by Gasteiger charge is 2.13. The van der Waals surface area contributed by atoms with Gasteiger partial charge in [0.25, 0.3) is 10.8 Å². The maximum atomic E-state index is 12.1. The zero-order valence-electron chi connectivity index (χ0n) is 15.1. The summed E-state index contributed by atoms with van der Waals surface area (Å²) in [6.07, 6.45) is 0. The smallest absolute Gasteiger partial charge is 0.277 e. The molecular weight excluding hydrogens is 380 g/mol. The Hall–Kier alpha value is -3.33. The van der Waals surface area contributed by atoms with E-state index in [2.05, 4.69) is 20.2 Å². The Morgan fingerprint density at radius 1 is 1.07 bits per heavy atom. The van der Waals surface area contributed by atoms with Gasteiger partial charge in [-0.3, -0.25) is 4.79 Å². The third-order valence-electron chi connectivity index (χ3n) is 4.03. The minimum Gasteiger partial charge on any atom is -0.493 e. The van der Waals surface area contributed by atoms with Gasteiger partial charge in [0.1, 0.15) is 5.82 Å². The van der Waals surface area contributed by atoms with E-state index in [1.54, 1.807) is 38.5 Å². The Morgan fingerprint density at radius 3 is 2.71 bits per heavy atom. The Bertz CT molecular complexity index is 1190. The second kappa shape index (κ2) is 7.73. The summed E-state index contributed by atoms with van der Waals surface area (Å²) in [5, 5.41) is 9.05. The first-order valence-corrected chi connectivity index (χ1v) is 9.33. The molecule has 0 aliphatic heterocycles. The fraction of sp³-hybridized carbons (Fsp3) is 0.158. The zero-order chi connectivity index (χ0) is 19.5. The van der Waals surface area contributed by atoms with Crippen LogP contribution in [-0.4, -0.2) is 34.4 Å². The summed E-state index contributed by atoms with van der Waals surface area (Å²) >= 11 is 1.30.